The lowest BCUT2D eigenvalue weighted by molar-refractivity contribution is -0.146. The minimum Gasteiger partial charge on any atom is -0.444 e. The molecule has 1 N–H and O–H groups in total. The molecule has 1 aromatic heterocycles. The third kappa shape index (κ3) is 5.94. The van der Waals surface area contributed by atoms with Gasteiger partial charge in [-0.25, -0.2) is 14.4 Å². The number of esters is 2. The summed E-state index contributed by atoms with van der Waals surface area (Å²) >= 11 is 0. The van der Waals surface area contributed by atoms with Crippen molar-refractivity contribution >= 4 is 28.9 Å². The number of fused-ring (bicyclic) bond motifs is 3. The van der Waals surface area contributed by atoms with Gasteiger partial charge in [-0.15, -0.1) is 0 Å². The molecule has 1 aliphatic heterocycles. The molecular formula is C36H38N2O5. The zero-order chi connectivity index (χ0) is 30.1. The van der Waals surface area contributed by atoms with Gasteiger partial charge in [0.25, 0.3) is 0 Å². The Hall–Kier alpha value is -4.39. The highest BCUT2D eigenvalue weighted by molar-refractivity contribution is 6.00. The Bertz CT molecular complexity index is 1630. The van der Waals surface area contributed by atoms with Gasteiger partial charge in [0.1, 0.15) is 11.6 Å². The van der Waals surface area contributed by atoms with Gasteiger partial charge in [-0.1, -0.05) is 79.9 Å². The first kappa shape index (κ1) is 28.7. The molecule has 7 nitrogen and oxygen atoms in total. The number of aromatic nitrogens is 1. The van der Waals surface area contributed by atoms with Gasteiger partial charge in [0, 0.05) is 23.0 Å². The molecule has 1 amide bonds. The second-order valence-corrected chi connectivity index (χ2v) is 12.7. The summed E-state index contributed by atoms with van der Waals surface area (Å²) in [5, 5.41) is 1.02. The first-order valence-electron chi connectivity index (χ1n) is 15.2. The quantitative estimate of drug-likeness (QED) is 0.196. The van der Waals surface area contributed by atoms with Crippen LogP contribution in [0.15, 0.2) is 78.9 Å². The molecule has 0 spiro atoms. The highest BCUT2D eigenvalue weighted by Gasteiger charge is 2.48. The molecule has 2 heterocycles. The van der Waals surface area contributed by atoms with E-state index in [1.165, 1.54) is 0 Å². The van der Waals surface area contributed by atoms with Crippen molar-refractivity contribution in [2.75, 3.05) is 0 Å². The lowest BCUT2D eigenvalue weighted by Gasteiger charge is -2.45. The van der Waals surface area contributed by atoms with Crippen LogP contribution in [0.1, 0.15) is 80.5 Å². The maximum Gasteiger partial charge on any atom is 0.411 e. The van der Waals surface area contributed by atoms with Crippen LogP contribution in [0.4, 0.5) is 4.79 Å². The average molecular weight is 579 g/mol. The maximum absolute atomic E-state index is 13.9. The van der Waals surface area contributed by atoms with Crippen LogP contribution in [-0.2, 0) is 20.7 Å². The number of aromatic amines is 1. The van der Waals surface area contributed by atoms with Crippen molar-refractivity contribution in [2.45, 2.75) is 77.0 Å². The van der Waals surface area contributed by atoms with Crippen LogP contribution in [0.3, 0.4) is 0 Å². The molecule has 4 aromatic rings. The van der Waals surface area contributed by atoms with Crippen LogP contribution in [0.5, 0.6) is 0 Å². The number of para-hydroxylation sites is 1. The largest absolute Gasteiger partial charge is 0.444 e. The number of benzene rings is 3. The molecule has 2 atom stereocenters. The number of nitrogens with one attached hydrogen (secondary N) is 1. The SMILES string of the molecule is CC(C)(C)OC(=O)N1[C@@H](C(=O)OC(=O)c2ccc(-c3ccccc3)cc2)Cc2c([nH]c3ccccc23)[C@@H]1C1CCCCC1. The van der Waals surface area contributed by atoms with Gasteiger partial charge in [-0.05, 0) is 74.4 Å². The Morgan fingerprint density at radius 1 is 0.814 bits per heavy atom. The fourth-order valence-electron chi connectivity index (χ4n) is 6.63. The fourth-order valence-corrected chi connectivity index (χ4v) is 6.63. The van der Waals surface area contributed by atoms with E-state index in [2.05, 4.69) is 4.98 Å². The minimum atomic E-state index is -1.01. The van der Waals surface area contributed by atoms with Gasteiger partial charge >= 0.3 is 18.0 Å². The summed E-state index contributed by atoms with van der Waals surface area (Å²) in [6, 6.07) is 23.4. The first-order valence-corrected chi connectivity index (χ1v) is 15.2. The van der Waals surface area contributed by atoms with Crippen LogP contribution in [-0.4, -0.2) is 39.6 Å². The second-order valence-electron chi connectivity index (χ2n) is 12.7. The van der Waals surface area contributed by atoms with E-state index in [0.717, 1.165) is 65.4 Å². The van der Waals surface area contributed by atoms with E-state index in [-0.39, 0.29) is 17.9 Å². The Labute approximate surface area is 252 Å². The molecule has 3 aromatic carbocycles. The number of hydrogen-bond donors (Lipinski definition) is 1. The molecule has 0 radical (unpaired) electrons. The van der Waals surface area contributed by atoms with Crippen molar-refractivity contribution in [3.05, 3.63) is 95.7 Å². The van der Waals surface area contributed by atoms with E-state index in [1.54, 1.807) is 17.0 Å². The Kier molecular flexibility index (Phi) is 7.82. The van der Waals surface area contributed by atoms with E-state index in [0.29, 0.717) is 0 Å². The number of ether oxygens (including phenoxy) is 2. The summed E-state index contributed by atoms with van der Waals surface area (Å²) < 4.78 is 11.4. The van der Waals surface area contributed by atoms with E-state index in [1.807, 2.05) is 87.5 Å². The van der Waals surface area contributed by atoms with Crippen molar-refractivity contribution in [1.29, 1.82) is 0 Å². The molecule has 2 aliphatic rings. The number of nitrogens with zero attached hydrogens (tertiary/aromatic N) is 1. The monoisotopic (exact) mass is 578 g/mol. The Morgan fingerprint density at radius 3 is 2.16 bits per heavy atom. The summed E-state index contributed by atoms with van der Waals surface area (Å²) in [5.74, 6) is -1.35. The van der Waals surface area contributed by atoms with E-state index < -0.39 is 35.7 Å². The summed E-state index contributed by atoms with van der Waals surface area (Å²) in [5.41, 5.74) is 4.38. The van der Waals surface area contributed by atoms with Crippen LogP contribution >= 0.6 is 0 Å². The molecule has 7 heteroatoms. The lowest BCUT2D eigenvalue weighted by atomic mass is 9.78. The minimum absolute atomic E-state index is 0.143. The molecule has 1 aliphatic carbocycles. The van der Waals surface area contributed by atoms with Crippen molar-refractivity contribution in [1.82, 2.24) is 9.88 Å². The van der Waals surface area contributed by atoms with Gasteiger partial charge in [-0.3, -0.25) is 4.90 Å². The number of carbonyl (C=O) groups excluding carboxylic acids is 3. The molecule has 222 valence electrons. The highest BCUT2D eigenvalue weighted by Crippen LogP contribution is 2.46. The smallest absolute Gasteiger partial charge is 0.411 e. The number of H-pyrrole nitrogens is 1. The normalized spacial score (nSPS) is 19.1. The van der Waals surface area contributed by atoms with Gasteiger partial charge in [0.15, 0.2) is 0 Å². The zero-order valence-corrected chi connectivity index (χ0v) is 25.0. The molecule has 1 fully saturated rings. The molecule has 43 heavy (non-hydrogen) atoms. The fraction of sp³-hybridized carbons (Fsp3) is 0.361. The molecule has 6 rings (SSSR count). The van der Waals surface area contributed by atoms with Crippen molar-refractivity contribution in [2.24, 2.45) is 5.92 Å². The number of hydrogen-bond acceptors (Lipinski definition) is 5. The van der Waals surface area contributed by atoms with Gasteiger partial charge in [0.2, 0.25) is 0 Å². The predicted molar refractivity (Wildman–Crippen MR) is 165 cm³/mol. The van der Waals surface area contributed by atoms with Gasteiger partial charge in [0.05, 0.1) is 11.6 Å². The number of carbonyl (C=O) groups is 3. The summed E-state index contributed by atoms with van der Waals surface area (Å²) in [7, 11) is 0. The van der Waals surface area contributed by atoms with Crippen molar-refractivity contribution in [3.63, 3.8) is 0 Å². The third-order valence-electron chi connectivity index (χ3n) is 8.57. The van der Waals surface area contributed by atoms with Gasteiger partial charge < -0.3 is 14.5 Å². The summed E-state index contributed by atoms with van der Waals surface area (Å²) in [4.78, 5) is 46.3. The van der Waals surface area contributed by atoms with E-state index in [9.17, 15) is 14.4 Å². The van der Waals surface area contributed by atoms with Crippen LogP contribution in [0.25, 0.3) is 22.0 Å². The van der Waals surface area contributed by atoms with Gasteiger partial charge in [-0.2, -0.15) is 0 Å². The molecule has 1 saturated carbocycles. The topological polar surface area (TPSA) is 88.7 Å². The number of rotatable bonds is 4. The predicted octanol–water partition coefficient (Wildman–Crippen LogP) is 8.00. The standard InChI is InChI=1S/C36H38N2O5/c1-36(2,3)43-35(41)38-30(34(40)42-33(39)26-20-18-24(19-21-26)23-12-6-4-7-13-23)22-28-27-16-10-11-17-29(27)37-31(28)32(38)25-14-8-5-9-15-25/h4,6-7,10-13,16-21,25,30,32,37H,5,8-9,14-15,22H2,1-3H3/t30-,32+/m1/s1. The molecule has 0 unspecified atom stereocenters. The van der Waals surface area contributed by atoms with Crippen molar-refractivity contribution in [3.8, 4) is 11.1 Å². The average Bonchev–Trinajstić information content (AvgIpc) is 3.38. The second kappa shape index (κ2) is 11.7. The first-order chi connectivity index (χ1) is 20.7. The molecular weight excluding hydrogens is 540 g/mol. The Morgan fingerprint density at radius 2 is 1.47 bits per heavy atom. The lowest BCUT2D eigenvalue weighted by Crippen LogP contribution is -2.55. The van der Waals surface area contributed by atoms with Crippen LogP contribution in [0, 0.1) is 5.92 Å². The molecule has 0 bridgehead atoms. The van der Waals surface area contributed by atoms with E-state index in [4.69, 9.17) is 9.47 Å². The van der Waals surface area contributed by atoms with Crippen molar-refractivity contribution < 1.29 is 23.9 Å². The van der Waals surface area contributed by atoms with Crippen LogP contribution in [0.2, 0.25) is 0 Å². The van der Waals surface area contributed by atoms with Crippen LogP contribution < -0.4 is 0 Å². The Balaban J connectivity index is 1.35. The maximum atomic E-state index is 13.9. The highest BCUT2D eigenvalue weighted by atomic mass is 16.6. The zero-order valence-electron chi connectivity index (χ0n) is 25.0. The summed E-state index contributed by atoms with van der Waals surface area (Å²) in [6.07, 6.45) is 4.80. The third-order valence-corrected chi connectivity index (χ3v) is 8.57. The number of amides is 1. The summed E-state index contributed by atoms with van der Waals surface area (Å²) in [6.45, 7) is 5.44. The molecule has 0 saturated heterocycles. The van der Waals surface area contributed by atoms with E-state index >= 15 is 0 Å².